The third-order valence-electron chi connectivity index (χ3n) is 2.48. The number of hydrogen-bond donors (Lipinski definition) is 0. The van der Waals surface area contributed by atoms with Crippen molar-refractivity contribution in [2.24, 2.45) is 0 Å². The smallest absolute Gasteiger partial charge is 0.113 e. The standard InChI is InChI=1S/C13H12BrN3/c1-2-3-13-16-4-5-17(13)12-7-10(9-15)6-11(14)8-12/h4-8H,2-3H2,1H3. The van der Waals surface area contributed by atoms with E-state index >= 15 is 0 Å². The van der Waals surface area contributed by atoms with Crippen molar-refractivity contribution in [2.75, 3.05) is 0 Å². The molecule has 1 aromatic heterocycles. The summed E-state index contributed by atoms with van der Waals surface area (Å²) in [6, 6.07) is 7.82. The Hall–Kier alpha value is -1.60. The van der Waals surface area contributed by atoms with Crippen molar-refractivity contribution in [3.05, 3.63) is 46.5 Å². The second kappa shape index (κ2) is 5.15. The van der Waals surface area contributed by atoms with Gasteiger partial charge in [-0.05, 0) is 24.6 Å². The molecule has 3 nitrogen and oxygen atoms in total. The van der Waals surface area contributed by atoms with Crippen LogP contribution in [0.1, 0.15) is 24.7 Å². The highest BCUT2D eigenvalue weighted by Crippen LogP contribution is 2.20. The number of hydrogen-bond acceptors (Lipinski definition) is 2. The molecule has 0 bridgehead atoms. The molecule has 0 saturated carbocycles. The van der Waals surface area contributed by atoms with E-state index in [-0.39, 0.29) is 0 Å². The largest absolute Gasteiger partial charge is 0.304 e. The Bertz CT molecular complexity index is 566. The summed E-state index contributed by atoms with van der Waals surface area (Å²) < 4.78 is 2.93. The molecule has 0 spiro atoms. The molecule has 2 aromatic rings. The van der Waals surface area contributed by atoms with Gasteiger partial charge in [-0.3, -0.25) is 0 Å². The third-order valence-corrected chi connectivity index (χ3v) is 2.94. The van der Waals surface area contributed by atoms with Gasteiger partial charge in [0.25, 0.3) is 0 Å². The summed E-state index contributed by atoms with van der Waals surface area (Å²) in [6.45, 7) is 2.13. The van der Waals surface area contributed by atoms with Crippen molar-refractivity contribution < 1.29 is 0 Å². The van der Waals surface area contributed by atoms with Crippen molar-refractivity contribution in [3.8, 4) is 11.8 Å². The van der Waals surface area contributed by atoms with Crippen molar-refractivity contribution >= 4 is 15.9 Å². The van der Waals surface area contributed by atoms with Crippen LogP contribution in [0.4, 0.5) is 0 Å². The highest BCUT2D eigenvalue weighted by molar-refractivity contribution is 9.10. The molecule has 0 amide bonds. The second-order valence-corrected chi connectivity index (χ2v) is 4.69. The maximum atomic E-state index is 8.96. The van der Waals surface area contributed by atoms with Gasteiger partial charge >= 0.3 is 0 Å². The fourth-order valence-corrected chi connectivity index (χ4v) is 2.24. The Morgan fingerprint density at radius 3 is 2.94 bits per heavy atom. The molecule has 0 aliphatic heterocycles. The second-order valence-electron chi connectivity index (χ2n) is 3.77. The predicted octanol–water partition coefficient (Wildman–Crippen LogP) is 3.46. The molecule has 17 heavy (non-hydrogen) atoms. The molecule has 2 rings (SSSR count). The fourth-order valence-electron chi connectivity index (χ4n) is 1.76. The molecule has 0 radical (unpaired) electrons. The summed E-state index contributed by atoms with van der Waals surface area (Å²) >= 11 is 3.42. The quantitative estimate of drug-likeness (QED) is 0.868. The van der Waals surface area contributed by atoms with Gasteiger partial charge in [-0.2, -0.15) is 5.26 Å². The van der Waals surface area contributed by atoms with E-state index in [4.69, 9.17) is 5.26 Å². The fraction of sp³-hybridized carbons (Fsp3) is 0.231. The number of halogens is 1. The summed E-state index contributed by atoms with van der Waals surface area (Å²) in [4.78, 5) is 4.33. The van der Waals surface area contributed by atoms with Gasteiger partial charge in [0.05, 0.1) is 11.6 Å². The van der Waals surface area contributed by atoms with Gasteiger partial charge in [0, 0.05) is 29.0 Å². The Labute approximate surface area is 109 Å². The number of rotatable bonds is 3. The van der Waals surface area contributed by atoms with E-state index in [0.29, 0.717) is 5.56 Å². The van der Waals surface area contributed by atoms with Crippen LogP contribution < -0.4 is 0 Å². The maximum Gasteiger partial charge on any atom is 0.113 e. The number of imidazole rings is 1. The highest BCUT2D eigenvalue weighted by atomic mass is 79.9. The van der Waals surface area contributed by atoms with Crippen LogP contribution in [0, 0.1) is 11.3 Å². The van der Waals surface area contributed by atoms with Crippen LogP contribution in [0.3, 0.4) is 0 Å². The van der Waals surface area contributed by atoms with Gasteiger partial charge in [0.1, 0.15) is 5.82 Å². The average Bonchev–Trinajstić information content (AvgIpc) is 2.77. The van der Waals surface area contributed by atoms with E-state index in [9.17, 15) is 0 Å². The van der Waals surface area contributed by atoms with Crippen molar-refractivity contribution in [2.45, 2.75) is 19.8 Å². The van der Waals surface area contributed by atoms with Crippen LogP contribution in [0.2, 0.25) is 0 Å². The topological polar surface area (TPSA) is 41.6 Å². The zero-order valence-corrected chi connectivity index (χ0v) is 11.1. The highest BCUT2D eigenvalue weighted by Gasteiger charge is 2.06. The zero-order valence-electron chi connectivity index (χ0n) is 9.52. The van der Waals surface area contributed by atoms with Crippen LogP contribution in [0.5, 0.6) is 0 Å². The minimum atomic E-state index is 0.644. The van der Waals surface area contributed by atoms with Crippen LogP contribution >= 0.6 is 15.9 Å². The van der Waals surface area contributed by atoms with Gasteiger partial charge in [-0.25, -0.2) is 4.98 Å². The lowest BCUT2D eigenvalue weighted by molar-refractivity contribution is 0.809. The van der Waals surface area contributed by atoms with Crippen LogP contribution in [0.25, 0.3) is 5.69 Å². The van der Waals surface area contributed by atoms with Crippen LogP contribution in [-0.2, 0) is 6.42 Å². The van der Waals surface area contributed by atoms with Gasteiger partial charge in [-0.15, -0.1) is 0 Å². The first-order chi connectivity index (χ1) is 8.24. The normalized spacial score (nSPS) is 10.2. The molecule has 0 aliphatic carbocycles. The van der Waals surface area contributed by atoms with Gasteiger partial charge in [-0.1, -0.05) is 22.9 Å². The van der Waals surface area contributed by atoms with Crippen molar-refractivity contribution in [1.29, 1.82) is 5.26 Å². The van der Waals surface area contributed by atoms with Crippen molar-refractivity contribution in [1.82, 2.24) is 9.55 Å². The predicted molar refractivity (Wildman–Crippen MR) is 70.0 cm³/mol. The summed E-state index contributed by atoms with van der Waals surface area (Å²) in [5.74, 6) is 1.02. The van der Waals surface area contributed by atoms with E-state index in [1.165, 1.54) is 0 Å². The molecule has 0 atom stereocenters. The van der Waals surface area contributed by atoms with E-state index < -0.39 is 0 Å². The first-order valence-corrected chi connectivity index (χ1v) is 6.27. The molecule has 0 N–H and O–H groups in total. The summed E-state index contributed by atoms with van der Waals surface area (Å²) in [5, 5.41) is 8.96. The maximum absolute atomic E-state index is 8.96. The average molecular weight is 290 g/mol. The third kappa shape index (κ3) is 2.56. The Kier molecular flexibility index (Phi) is 3.60. The lowest BCUT2D eigenvalue weighted by Gasteiger charge is -2.08. The molecule has 86 valence electrons. The molecule has 0 unspecified atom stereocenters. The lowest BCUT2D eigenvalue weighted by Crippen LogP contribution is -2.00. The number of aromatic nitrogens is 2. The molecule has 1 heterocycles. The van der Waals surface area contributed by atoms with E-state index in [1.54, 1.807) is 12.3 Å². The lowest BCUT2D eigenvalue weighted by atomic mass is 10.2. The molecular formula is C13H12BrN3. The minimum absolute atomic E-state index is 0.644. The van der Waals surface area contributed by atoms with Gasteiger partial charge in [0.2, 0.25) is 0 Å². The number of nitrogens with zero attached hydrogens (tertiary/aromatic N) is 3. The molecule has 0 saturated heterocycles. The Balaban J connectivity index is 2.49. The molecule has 0 fully saturated rings. The van der Waals surface area contributed by atoms with E-state index in [0.717, 1.165) is 28.8 Å². The molecule has 0 aliphatic rings. The number of nitriles is 1. The van der Waals surface area contributed by atoms with E-state index in [1.807, 2.05) is 22.9 Å². The van der Waals surface area contributed by atoms with Crippen LogP contribution in [-0.4, -0.2) is 9.55 Å². The van der Waals surface area contributed by atoms with Crippen molar-refractivity contribution in [3.63, 3.8) is 0 Å². The Morgan fingerprint density at radius 2 is 2.24 bits per heavy atom. The monoisotopic (exact) mass is 289 g/mol. The zero-order chi connectivity index (χ0) is 12.3. The number of benzene rings is 1. The summed E-state index contributed by atoms with van der Waals surface area (Å²) in [5.41, 5.74) is 1.61. The summed E-state index contributed by atoms with van der Waals surface area (Å²) in [6.07, 6.45) is 5.70. The van der Waals surface area contributed by atoms with Crippen LogP contribution in [0.15, 0.2) is 35.1 Å². The van der Waals surface area contributed by atoms with E-state index in [2.05, 4.69) is 33.9 Å². The van der Waals surface area contributed by atoms with Gasteiger partial charge in [0.15, 0.2) is 0 Å². The summed E-state index contributed by atoms with van der Waals surface area (Å²) in [7, 11) is 0. The SMILES string of the molecule is CCCc1nccn1-c1cc(Br)cc(C#N)c1. The molecule has 1 aromatic carbocycles. The first kappa shape index (κ1) is 11.9. The van der Waals surface area contributed by atoms with Gasteiger partial charge < -0.3 is 4.57 Å². The Morgan fingerprint density at radius 1 is 1.41 bits per heavy atom. The molecular weight excluding hydrogens is 278 g/mol. The minimum Gasteiger partial charge on any atom is -0.304 e. The number of aryl methyl sites for hydroxylation is 1. The molecule has 4 heteroatoms. The first-order valence-electron chi connectivity index (χ1n) is 5.48.